The van der Waals surface area contributed by atoms with E-state index in [0.717, 1.165) is 43.6 Å². The van der Waals surface area contributed by atoms with Crippen molar-refractivity contribution in [1.82, 2.24) is 0 Å². The highest BCUT2D eigenvalue weighted by atomic mass is 79.9. The molecule has 6 fully saturated rings. The smallest absolute Gasteiger partial charge is 0.261 e. The van der Waals surface area contributed by atoms with Crippen LogP contribution >= 0.6 is 31.9 Å². The maximum atomic E-state index is 7.83. The number of hydrogen-bond donors (Lipinski definition) is 0. The van der Waals surface area contributed by atoms with Gasteiger partial charge in [-0.15, -0.1) is 0 Å². The second-order valence-electron chi connectivity index (χ2n) is 19.0. The molecule has 1 spiro atoms. The van der Waals surface area contributed by atoms with Crippen LogP contribution in [0.4, 0.5) is 0 Å². The Bertz CT molecular complexity index is 1470. The molecule has 2 aromatic rings. The monoisotopic (exact) mass is 810 g/mol. The SMILES string of the molecule is C[C@@H]1CC[C@@]2(OC1)O[C@H]1C[C@H]3[C@@H]4CC(Br)C5(Br)C[C@@H](O[Si](c6ccccc6)(c6ccccc6)C(C)(C)C)CC[C@]5(C)[C@H]4CC[C@]3(C)[C@H]1[C@@H]2C. The third-order valence-corrected chi connectivity index (χ3v) is 24.4. The molecule has 0 aromatic heterocycles. The van der Waals surface area contributed by atoms with Gasteiger partial charge in [-0.25, -0.2) is 0 Å². The molecule has 268 valence electrons. The van der Waals surface area contributed by atoms with Gasteiger partial charge in [0.15, 0.2) is 5.79 Å². The van der Waals surface area contributed by atoms with Crippen molar-refractivity contribution in [2.24, 2.45) is 46.3 Å². The zero-order valence-electron chi connectivity index (χ0n) is 31.0. The first kappa shape index (κ1) is 35.5. The molecule has 2 saturated heterocycles. The molecule has 0 radical (unpaired) electrons. The molecule has 4 saturated carbocycles. The predicted molar refractivity (Wildman–Crippen MR) is 210 cm³/mol. The molecule has 2 unspecified atom stereocenters. The molecule has 2 aliphatic heterocycles. The van der Waals surface area contributed by atoms with E-state index in [2.05, 4.69) is 141 Å². The Morgan fingerprint density at radius 1 is 0.837 bits per heavy atom. The number of alkyl halides is 2. The third-order valence-electron chi connectivity index (χ3n) is 15.7. The minimum absolute atomic E-state index is 0.00180. The maximum absolute atomic E-state index is 7.83. The standard InChI is InChI=1S/C43H60Br2O3Si/c1-28-18-23-43(46-27-28)29(2)38-36(47-43)25-35-33-24-37(44)42(45)26-30(19-22-41(42,7)34(33)20-21-40(35,38)6)48-49(39(3,4)5,31-14-10-8-11-15-31)32-16-12-9-13-17-32/h8-17,28-30,33-38H,18-27H2,1-7H3/t28-,29+,30+,33-,34+,35+,36+,37?,38+,40+,41-,42?,43-/m1/s1. The Kier molecular flexibility index (Phi) is 8.89. The summed E-state index contributed by atoms with van der Waals surface area (Å²) in [4.78, 5) is 0.410. The second kappa shape index (κ2) is 12.3. The zero-order valence-corrected chi connectivity index (χ0v) is 35.2. The first-order valence-electron chi connectivity index (χ1n) is 19.6. The van der Waals surface area contributed by atoms with Gasteiger partial charge >= 0.3 is 0 Å². The quantitative estimate of drug-likeness (QED) is 0.227. The van der Waals surface area contributed by atoms with E-state index in [0.29, 0.717) is 34.1 Å². The molecule has 2 heterocycles. The van der Waals surface area contributed by atoms with Crippen LogP contribution < -0.4 is 10.4 Å². The molecule has 6 aliphatic rings. The third kappa shape index (κ3) is 5.13. The average Bonchev–Trinajstić information content (AvgIpc) is 3.52. The molecule has 2 aromatic carbocycles. The number of halogens is 2. The van der Waals surface area contributed by atoms with Crippen LogP contribution in [0.15, 0.2) is 60.7 Å². The van der Waals surface area contributed by atoms with Crippen LogP contribution in [0.2, 0.25) is 5.04 Å². The Morgan fingerprint density at radius 2 is 1.49 bits per heavy atom. The number of fused-ring (bicyclic) bond motifs is 7. The normalized spacial score (nSPS) is 46.5. The fraction of sp³-hybridized carbons (Fsp3) is 0.721. The van der Waals surface area contributed by atoms with Crippen molar-refractivity contribution >= 4 is 50.6 Å². The molecule has 0 N–H and O–H groups in total. The second-order valence-corrected chi connectivity index (χ2v) is 25.8. The van der Waals surface area contributed by atoms with Gasteiger partial charge in [0.1, 0.15) is 0 Å². The van der Waals surface area contributed by atoms with Gasteiger partial charge in [-0.2, -0.15) is 0 Å². The Hall–Kier alpha value is -0.503. The lowest BCUT2D eigenvalue weighted by atomic mass is 9.44. The summed E-state index contributed by atoms with van der Waals surface area (Å²) < 4.78 is 21.5. The van der Waals surface area contributed by atoms with E-state index in [1.807, 2.05) is 0 Å². The lowest BCUT2D eigenvalue weighted by Crippen LogP contribution is -2.70. The molecule has 49 heavy (non-hydrogen) atoms. The van der Waals surface area contributed by atoms with E-state index >= 15 is 0 Å². The number of rotatable bonds is 4. The topological polar surface area (TPSA) is 27.7 Å². The highest BCUT2D eigenvalue weighted by Gasteiger charge is 2.72. The summed E-state index contributed by atoms with van der Waals surface area (Å²) in [5.41, 5.74) is 0.547. The fourth-order valence-electron chi connectivity index (χ4n) is 13.2. The number of benzene rings is 2. The van der Waals surface area contributed by atoms with Crippen LogP contribution in [0.1, 0.15) is 106 Å². The van der Waals surface area contributed by atoms with Gasteiger partial charge in [0.25, 0.3) is 8.32 Å². The van der Waals surface area contributed by atoms with Crippen molar-refractivity contribution in [3.05, 3.63) is 60.7 Å². The largest absolute Gasteiger partial charge is 0.404 e. The molecule has 4 aliphatic carbocycles. The van der Waals surface area contributed by atoms with Crippen LogP contribution in [-0.2, 0) is 13.9 Å². The van der Waals surface area contributed by atoms with Crippen LogP contribution in [-0.4, -0.2) is 42.1 Å². The molecule has 0 amide bonds. The van der Waals surface area contributed by atoms with Gasteiger partial charge in [0.2, 0.25) is 0 Å². The van der Waals surface area contributed by atoms with Gasteiger partial charge < -0.3 is 13.9 Å². The van der Waals surface area contributed by atoms with Gasteiger partial charge in [-0.1, -0.05) is 141 Å². The van der Waals surface area contributed by atoms with Crippen molar-refractivity contribution in [1.29, 1.82) is 0 Å². The lowest BCUT2D eigenvalue weighted by Gasteiger charge is -2.66. The Balaban J connectivity index is 1.07. The molecule has 13 atom stereocenters. The summed E-state index contributed by atoms with van der Waals surface area (Å²) in [5, 5.41) is 2.75. The van der Waals surface area contributed by atoms with Crippen molar-refractivity contribution in [3.63, 3.8) is 0 Å². The highest BCUT2D eigenvalue weighted by Crippen LogP contribution is 2.74. The summed E-state index contributed by atoms with van der Waals surface area (Å²) in [7, 11) is -2.64. The van der Waals surface area contributed by atoms with Crippen LogP contribution in [0, 0.1) is 46.3 Å². The van der Waals surface area contributed by atoms with Crippen LogP contribution in [0.5, 0.6) is 0 Å². The highest BCUT2D eigenvalue weighted by molar-refractivity contribution is 9.12. The molecule has 8 rings (SSSR count). The van der Waals surface area contributed by atoms with Crippen LogP contribution in [0.25, 0.3) is 0 Å². The Labute approximate surface area is 314 Å². The lowest BCUT2D eigenvalue weighted by molar-refractivity contribution is -0.273. The van der Waals surface area contributed by atoms with E-state index in [9.17, 15) is 0 Å². The summed E-state index contributed by atoms with van der Waals surface area (Å²) in [6.07, 6.45) is 11.4. The van der Waals surface area contributed by atoms with E-state index in [4.69, 9.17) is 13.9 Å². The predicted octanol–water partition coefficient (Wildman–Crippen LogP) is 10.3. The van der Waals surface area contributed by atoms with E-state index in [1.165, 1.54) is 48.9 Å². The Morgan fingerprint density at radius 3 is 2.08 bits per heavy atom. The molecule has 0 bridgehead atoms. The van der Waals surface area contributed by atoms with Gasteiger partial charge in [0, 0.05) is 27.6 Å². The van der Waals surface area contributed by atoms with E-state index < -0.39 is 8.32 Å². The van der Waals surface area contributed by atoms with E-state index in [1.54, 1.807) is 0 Å². The fourth-order valence-corrected chi connectivity index (χ4v) is 20.1. The average molecular weight is 813 g/mol. The van der Waals surface area contributed by atoms with Crippen molar-refractivity contribution in [2.75, 3.05) is 6.61 Å². The molecule has 6 heteroatoms. The number of hydrogen-bond acceptors (Lipinski definition) is 3. The minimum atomic E-state index is -2.64. The summed E-state index contributed by atoms with van der Waals surface area (Å²) in [6.45, 7) is 18.2. The van der Waals surface area contributed by atoms with Gasteiger partial charge in [-0.05, 0) is 107 Å². The first-order chi connectivity index (χ1) is 23.2. The maximum Gasteiger partial charge on any atom is 0.261 e. The van der Waals surface area contributed by atoms with Crippen LogP contribution in [0.3, 0.4) is 0 Å². The van der Waals surface area contributed by atoms with Gasteiger partial charge in [-0.3, -0.25) is 0 Å². The summed E-state index contributed by atoms with van der Waals surface area (Å²) >= 11 is 9.04. The van der Waals surface area contributed by atoms with Crippen molar-refractivity contribution in [2.45, 2.75) is 138 Å². The first-order valence-corrected chi connectivity index (χ1v) is 23.2. The molecule has 3 nitrogen and oxygen atoms in total. The van der Waals surface area contributed by atoms with Crippen molar-refractivity contribution < 1.29 is 13.9 Å². The summed E-state index contributed by atoms with van der Waals surface area (Å²) in [6, 6.07) is 22.5. The van der Waals surface area contributed by atoms with E-state index in [-0.39, 0.29) is 26.7 Å². The number of ether oxygens (including phenoxy) is 2. The summed E-state index contributed by atoms with van der Waals surface area (Å²) in [5.74, 6) is 3.58. The zero-order chi connectivity index (χ0) is 34.6. The molecular formula is C43H60Br2O3Si. The van der Waals surface area contributed by atoms with Crippen molar-refractivity contribution in [3.8, 4) is 0 Å². The molecular weight excluding hydrogens is 752 g/mol. The van der Waals surface area contributed by atoms with Gasteiger partial charge in [0.05, 0.1) is 12.7 Å². The minimum Gasteiger partial charge on any atom is -0.404 e.